The number of carbonyl (C=O) groups is 1. The first kappa shape index (κ1) is 24.6. The smallest absolute Gasteiger partial charge is 0.243 e. The lowest BCUT2D eigenvalue weighted by atomic mass is 9.97. The molecule has 0 aliphatic carbocycles. The van der Waals surface area contributed by atoms with Gasteiger partial charge in [-0.25, -0.2) is 8.42 Å². The maximum atomic E-state index is 12.7. The Balaban J connectivity index is 0.00000392. The Morgan fingerprint density at radius 2 is 1.75 bits per heavy atom. The fraction of sp³-hybridized carbons (Fsp3) is 0.611. The molecular weight excluding hydrogens is 406 g/mol. The molecule has 1 fully saturated rings. The van der Waals surface area contributed by atoms with Crippen LogP contribution in [0.4, 0.5) is 0 Å². The van der Waals surface area contributed by atoms with Crippen molar-refractivity contribution < 1.29 is 22.7 Å². The highest BCUT2D eigenvalue weighted by molar-refractivity contribution is 7.89. The van der Waals surface area contributed by atoms with Crippen molar-refractivity contribution in [2.24, 2.45) is 5.92 Å². The zero-order valence-corrected chi connectivity index (χ0v) is 18.0. The average molecular weight is 436 g/mol. The summed E-state index contributed by atoms with van der Waals surface area (Å²) in [5.41, 5.74) is 0. The third-order valence-corrected chi connectivity index (χ3v) is 6.52. The number of methoxy groups -OCH3 is 2. The van der Waals surface area contributed by atoms with Crippen LogP contribution in [0.2, 0.25) is 0 Å². The number of benzene rings is 1. The van der Waals surface area contributed by atoms with Crippen LogP contribution in [0, 0.1) is 5.92 Å². The first-order valence-electron chi connectivity index (χ1n) is 9.10. The zero-order valence-electron chi connectivity index (χ0n) is 16.3. The number of hydrogen-bond acceptors (Lipinski definition) is 6. The van der Waals surface area contributed by atoms with Gasteiger partial charge in [0, 0.05) is 45.8 Å². The van der Waals surface area contributed by atoms with Gasteiger partial charge in [-0.3, -0.25) is 4.79 Å². The summed E-state index contributed by atoms with van der Waals surface area (Å²) < 4.78 is 36.9. The second-order valence-electron chi connectivity index (χ2n) is 6.39. The van der Waals surface area contributed by atoms with E-state index in [1.807, 2.05) is 0 Å². The van der Waals surface area contributed by atoms with E-state index in [2.05, 4.69) is 10.6 Å². The number of piperidine rings is 1. The van der Waals surface area contributed by atoms with Crippen molar-refractivity contribution in [1.82, 2.24) is 14.9 Å². The minimum Gasteiger partial charge on any atom is -0.497 e. The molecule has 1 saturated heterocycles. The molecule has 0 radical (unpaired) electrons. The predicted molar refractivity (Wildman–Crippen MR) is 109 cm³/mol. The van der Waals surface area contributed by atoms with Gasteiger partial charge in [-0.2, -0.15) is 4.31 Å². The SMILES string of the molecule is COCCNCCNC(=O)C1CCN(S(=O)(=O)c2ccc(OC)cc2)CC1.Cl. The summed E-state index contributed by atoms with van der Waals surface area (Å²) in [7, 11) is -0.361. The van der Waals surface area contributed by atoms with E-state index >= 15 is 0 Å². The minimum atomic E-state index is -3.54. The van der Waals surface area contributed by atoms with Crippen molar-refractivity contribution in [3.05, 3.63) is 24.3 Å². The first-order chi connectivity index (χ1) is 13.0. The Morgan fingerprint density at radius 1 is 1.11 bits per heavy atom. The molecule has 2 N–H and O–H groups in total. The number of carbonyl (C=O) groups excluding carboxylic acids is 1. The minimum absolute atomic E-state index is 0. The molecule has 0 atom stereocenters. The summed E-state index contributed by atoms with van der Waals surface area (Å²) in [4.78, 5) is 12.5. The highest BCUT2D eigenvalue weighted by atomic mass is 35.5. The summed E-state index contributed by atoms with van der Waals surface area (Å²) in [6.45, 7) is 3.30. The zero-order chi connectivity index (χ0) is 19.7. The van der Waals surface area contributed by atoms with Gasteiger partial charge in [-0.05, 0) is 37.1 Å². The average Bonchev–Trinajstić information content (AvgIpc) is 2.70. The molecule has 2 rings (SSSR count). The van der Waals surface area contributed by atoms with Gasteiger partial charge < -0.3 is 20.1 Å². The van der Waals surface area contributed by atoms with E-state index < -0.39 is 10.0 Å². The van der Waals surface area contributed by atoms with E-state index in [4.69, 9.17) is 9.47 Å². The number of ether oxygens (including phenoxy) is 2. The van der Waals surface area contributed by atoms with Crippen LogP contribution in [-0.2, 0) is 19.6 Å². The molecule has 0 spiro atoms. The standard InChI is InChI=1S/C18H29N3O5S.ClH/c1-25-14-11-19-9-10-20-18(22)15-7-12-21(13-8-15)27(23,24)17-5-3-16(26-2)4-6-17;/h3-6,15,19H,7-14H2,1-2H3,(H,20,22);1H. The highest BCUT2D eigenvalue weighted by Gasteiger charge is 2.31. The molecule has 0 saturated carbocycles. The molecule has 1 heterocycles. The summed E-state index contributed by atoms with van der Waals surface area (Å²) in [6, 6.07) is 6.36. The first-order valence-corrected chi connectivity index (χ1v) is 10.5. The molecule has 1 aliphatic heterocycles. The predicted octanol–water partition coefficient (Wildman–Crippen LogP) is 0.870. The van der Waals surface area contributed by atoms with Crippen LogP contribution in [0.25, 0.3) is 0 Å². The van der Waals surface area contributed by atoms with E-state index in [1.165, 1.54) is 11.4 Å². The lowest BCUT2D eigenvalue weighted by Crippen LogP contribution is -2.44. The molecule has 1 aromatic rings. The fourth-order valence-electron chi connectivity index (χ4n) is 2.97. The largest absolute Gasteiger partial charge is 0.497 e. The van der Waals surface area contributed by atoms with E-state index in [0.29, 0.717) is 51.4 Å². The van der Waals surface area contributed by atoms with Gasteiger partial charge in [0.2, 0.25) is 15.9 Å². The van der Waals surface area contributed by atoms with Crippen molar-refractivity contribution in [2.75, 3.05) is 53.6 Å². The Bertz CT molecular complexity index is 692. The molecule has 1 aromatic carbocycles. The van der Waals surface area contributed by atoms with Gasteiger partial charge in [-0.1, -0.05) is 0 Å². The van der Waals surface area contributed by atoms with E-state index in [0.717, 1.165) is 6.54 Å². The third-order valence-electron chi connectivity index (χ3n) is 4.61. The maximum Gasteiger partial charge on any atom is 0.243 e. The molecule has 1 aliphatic rings. The molecule has 0 bridgehead atoms. The number of rotatable bonds is 10. The Morgan fingerprint density at radius 3 is 2.32 bits per heavy atom. The van der Waals surface area contributed by atoms with E-state index in [-0.39, 0.29) is 29.1 Å². The summed E-state index contributed by atoms with van der Waals surface area (Å²) in [6.07, 6.45) is 1.05. The van der Waals surface area contributed by atoms with Gasteiger partial charge in [-0.15, -0.1) is 12.4 Å². The summed E-state index contributed by atoms with van der Waals surface area (Å²) >= 11 is 0. The van der Waals surface area contributed by atoms with E-state index in [9.17, 15) is 13.2 Å². The van der Waals surface area contributed by atoms with Gasteiger partial charge >= 0.3 is 0 Å². The second kappa shape index (κ2) is 12.2. The van der Waals surface area contributed by atoms with Crippen molar-refractivity contribution in [3.8, 4) is 5.75 Å². The van der Waals surface area contributed by atoms with Crippen LogP contribution in [-0.4, -0.2) is 72.2 Å². The molecule has 28 heavy (non-hydrogen) atoms. The number of amides is 1. The Labute approximate surface area is 173 Å². The monoisotopic (exact) mass is 435 g/mol. The molecule has 0 unspecified atom stereocenters. The number of hydrogen-bond donors (Lipinski definition) is 2. The summed E-state index contributed by atoms with van der Waals surface area (Å²) in [5.74, 6) is 0.456. The molecule has 8 nitrogen and oxygen atoms in total. The Kier molecular flexibility index (Phi) is 10.8. The van der Waals surface area contributed by atoms with Gasteiger partial charge in [0.1, 0.15) is 5.75 Å². The normalized spacial score (nSPS) is 15.6. The van der Waals surface area contributed by atoms with Crippen LogP contribution in [0.15, 0.2) is 29.2 Å². The molecule has 10 heteroatoms. The van der Waals surface area contributed by atoms with Crippen molar-refractivity contribution in [3.63, 3.8) is 0 Å². The fourth-order valence-corrected chi connectivity index (χ4v) is 4.44. The summed E-state index contributed by atoms with van der Waals surface area (Å²) in [5, 5.41) is 6.06. The van der Waals surface area contributed by atoms with E-state index in [1.54, 1.807) is 31.4 Å². The highest BCUT2D eigenvalue weighted by Crippen LogP contribution is 2.25. The van der Waals surface area contributed by atoms with Gasteiger partial charge in [0.25, 0.3) is 0 Å². The number of nitrogens with one attached hydrogen (secondary N) is 2. The van der Waals surface area contributed by atoms with Crippen LogP contribution >= 0.6 is 12.4 Å². The van der Waals surface area contributed by atoms with Crippen LogP contribution in [0.5, 0.6) is 5.75 Å². The quantitative estimate of drug-likeness (QED) is 0.529. The van der Waals surface area contributed by atoms with Gasteiger partial charge in [0.05, 0.1) is 18.6 Å². The lowest BCUT2D eigenvalue weighted by Gasteiger charge is -2.30. The van der Waals surface area contributed by atoms with Crippen molar-refractivity contribution in [1.29, 1.82) is 0 Å². The number of sulfonamides is 1. The topological polar surface area (TPSA) is 97.0 Å². The molecule has 1 amide bonds. The lowest BCUT2D eigenvalue weighted by molar-refractivity contribution is -0.126. The van der Waals surface area contributed by atoms with Crippen molar-refractivity contribution >= 4 is 28.3 Å². The maximum absolute atomic E-state index is 12.7. The van der Waals surface area contributed by atoms with Crippen LogP contribution < -0.4 is 15.4 Å². The number of halogens is 1. The Hall–Kier alpha value is -1.39. The van der Waals surface area contributed by atoms with Gasteiger partial charge in [0.15, 0.2) is 0 Å². The molecular formula is C18H30ClN3O5S. The van der Waals surface area contributed by atoms with Crippen molar-refractivity contribution in [2.45, 2.75) is 17.7 Å². The molecule has 160 valence electrons. The second-order valence-corrected chi connectivity index (χ2v) is 8.33. The molecule has 0 aromatic heterocycles. The third kappa shape index (κ3) is 6.89. The van der Waals surface area contributed by atoms with Crippen LogP contribution in [0.1, 0.15) is 12.8 Å². The number of nitrogens with zero attached hydrogens (tertiary/aromatic N) is 1. The van der Waals surface area contributed by atoms with Crippen LogP contribution in [0.3, 0.4) is 0 Å².